The zero-order valence-electron chi connectivity index (χ0n) is 11.2. The lowest BCUT2D eigenvalue weighted by Gasteiger charge is -2.18. The van der Waals surface area contributed by atoms with Crippen molar-refractivity contribution in [2.45, 2.75) is 18.7 Å². The van der Waals surface area contributed by atoms with E-state index < -0.39 is 10.0 Å². The van der Waals surface area contributed by atoms with Crippen molar-refractivity contribution in [2.75, 3.05) is 13.1 Å². The summed E-state index contributed by atoms with van der Waals surface area (Å²) in [6.07, 6.45) is 0. The summed E-state index contributed by atoms with van der Waals surface area (Å²) in [5.74, 6) is 0.270. The summed E-state index contributed by atoms with van der Waals surface area (Å²) in [7, 11) is -3.50. The summed E-state index contributed by atoms with van der Waals surface area (Å²) in [5.41, 5.74) is 0.561. The van der Waals surface area contributed by atoms with Gasteiger partial charge in [-0.05, 0) is 30.4 Å². The second-order valence-corrected chi connectivity index (χ2v) is 6.34. The van der Waals surface area contributed by atoms with E-state index in [2.05, 4.69) is 10.2 Å². The standard InChI is InChI=1S/C12H15N3O3S2/c1-3-15(4-2)20(16,17)10-7-5-6-9(8-10)11-13-14-12(19)18-11/h5-8H,3-4H2,1-2H3,(H,14,19). The van der Waals surface area contributed by atoms with Crippen LogP contribution in [0.3, 0.4) is 0 Å². The van der Waals surface area contributed by atoms with Crippen molar-refractivity contribution in [3.63, 3.8) is 0 Å². The number of H-pyrrole nitrogens is 1. The highest BCUT2D eigenvalue weighted by Crippen LogP contribution is 2.22. The number of benzene rings is 1. The van der Waals surface area contributed by atoms with Gasteiger partial charge in [0.2, 0.25) is 15.9 Å². The summed E-state index contributed by atoms with van der Waals surface area (Å²) in [5, 5.41) is 6.40. The Morgan fingerprint density at radius 1 is 1.35 bits per heavy atom. The maximum absolute atomic E-state index is 12.4. The quantitative estimate of drug-likeness (QED) is 0.858. The lowest BCUT2D eigenvalue weighted by molar-refractivity contribution is 0.445. The highest BCUT2D eigenvalue weighted by Gasteiger charge is 2.22. The lowest BCUT2D eigenvalue weighted by atomic mass is 10.2. The molecule has 20 heavy (non-hydrogen) atoms. The van der Waals surface area contributed by atoms with Crippen molar-refractivity contribution in [3.05, 3.63) is 29.1 Å². The van der Waals surface area contributed by atoms with Gasteiger partial charge in [0.25, 0.3) is 4.84 Å². The molecule has 0 unspecified atom stereocenters. The molecule has 0 amide bonds. The molecule has 0 bridgehead atoms. The number of hydrogen-bond donors (Lipinski definition) is 1. The van der Waals surface area contributed by atoms with E-state index in [0.717, 1.165) is 0 Å². The first-order chi connectivity index (χ1) is 9.48. The third-order valence-corrected chi connectivity index (χ3v) is 5.08. The lowest BCUT2D eigenvalue weighted by Crippen LogP contribution is -2.30. The van der Waals surface area contributed by atoms with Crippen LogP contribution in [0.1, 0.15) is 13.8 Å². The molecule has 8 heteroatoms. The van der Waals surface area contributed by atoms with Crippen LogP contribution in [0.2, 0.25) is 0 Å². The number of aromatic nitrogens is 2. The molecule has 0 fully saturated rings. The monoisotopic (exact) mass is 313 g/mol. The average Bonchev–Trinajstić information content (AvgIpc) is 2.87. The number of rotatable bonds is 5. The van der Waals surface area contributed by atoms with Crippen LogP contribution >= 0.6 is 12.2 Å². The molecule has 1 aromatic carbocycles. The second kappa shape index (κ2) is 5.86. The first-order valence-corrected chi connectivity index (χ1v) is 8.00. The fraction of sp³-hybridized carbons (Fsp3) is 0.333. The van der Waals surface area contributed by atoms with Crippen LogP contribution in [-0.2, 0) is 10.0 Å². The minimum absolute atomic E-state index is 0.150. The number of nitrogens with zero attached hydrogens (tertiary/aromatic N) is 2. The van der Waals surface area contributed by atoms with Crippen LogP contribution in [0.25, 0.3) is 11.5 Å². The first-order valence-electron chi connectivity index (χ1n) is 6.15. The normalized spacial score (nSPS) is 11.9. The Kier molecular flexibility index (Phi) is 4.36. The summed E-state index contributed by atoms with van der Waals surface area (Å²) in [6.45, 7) is 4.45. The molecule has 6 nitrogen and oxygen atoms in total. The van der Waals surface area contributed by atoms with Gasteiger partial charge in [-0.2, -0.15) is 4.31 Å². The molecule has 0 saturated carbocycles. The van der Waals surface area contributed by atoms with Crippen molar-refractivity contribution in [3.8, 4) is 11.5 Å². The summed E-state index contributed by atoms with van der Waals surface area (Å²) in [6, 6.07) is 6.45. The van der Waals surface area contributed by atoms with Crippen molar-refractivity contribution >= 4 is 22.2 Å². The van der Waals surface area contributed by atoms with Crippen molar-refractivity contribution in [2.24, 2.45) is 0 Å². The van der Waals surface area contributed by atoms with E-state index in [-0.39, 0.29) is 15.6 Å². The van der Waals surface area contributed by atoms with E-state index in [0.29, 0.717) is 18.7 Å². The molecule has 2 rings (SSSR count). The zero-order valence-corrected chi connectivity index (χ0v) is 12.8. The topological polar surface area (TPSA) is 79.2 Å². The molecule has 2 aromatic rings. The molecule has 0 aliphatic heterocycles. The molecular weight excluding hydrogens is 298 g/mol. The van der Waals surface area contributed by atoms with Gasteiger partial charge >= 0.3 is 0 Å². The molecule has 0 atom stereocenters. The molecule has 0 radical (unpaired) electrons. The van der Waals surface area contributed by atoms with Crippen molar-refractivity contribution < 1.29 is 12.8 Å². The van der Waals surface area contributed by atoms with Gasteiger partial charge in [0.05, 0.1) is 4.90 Å². The maximum Gasteiger partial charge on any atom is 0.284 e. The van der Waals surface area contributed by atoms with Gasteiger partial charge in [-0.1, -0.05) is 19.9 Å². The van der Waals surface area contributed by atoms with Crippen LogP contribution in [0.4, 0.5) is 0 Å². The molecule has 0 spiro atoms. The number of hydrogen-bond acceptors (Lipinski definition) is 5. The highest BCUT2D eigenvalue weighted by atomic mass is 32.2. The van der Waals surface area contributed by atoms with E-state index in [1.54, 1.807) is 32.0 Å². The molecule has 1 N–H and O–H groups in total. The Bertz CT molecular complexity index is 745. The van der Waals surface area contributed by atoms with Gasteiger partial charge in [-0.15, -0.1) is 5.10 Å². The predicted molar refractivity (Wildman–Crippen MR) is 77.2 cm³/mol. The number of aromatic amines is 1. The second-order valence-electron chi connectivity index (χ2n) is 4.04. The molecule has 1 aromatic heterocycles. The average molecular weight is 313 g/mol. The summed E-state index contributed by atoms with van der Waals surface area (Å²) < 4.78 is 31.4. The van der Waals surface area contributed by atoms with Gasteiger partial charge in [-0.25, -0.2) is 13.5 Å². The Morgan fingerprint density at radius 2 is 2.05 bits per heavy atom. The minimum Gasteiger partial charge on any atom is -0.409 e. The SMILES string of the molecule is CCN(CC)S(=O)(=O)c1cccc(-c2n[nH]c(=S)o2)c1. The Balaban J connectivity index is 2.47. The maximum atomic E-state index is 12.4. The molecular formula is C12H15N3O3S2. The van der Waals surface area contributed by atoms with Gasteiger partial charge in [0.1, 0.15) is 0 Å². The van der Waals surface area contributed by atoms with Gasteiger partial charge < -0.3 is 4.42 Å². The Hall–Kier alpha value is -1.51. The number of nitrogens with one attached hydrogen (secondary N) is 1. The third kappa shape index (κ3) is 2.82. The fourth-order valence-electron chi connectivity index (χ4n) is 1.86. The fourth-order valence-corrected chi connectivity index (χ4v) is 3.48. The highest BCUT2D eigenvalue weighted by molar-refractivity contribution is 7.89. The third-order valence-electron chi connectivity index (χ3n) is 2.86. The van der Waals surface area contributed by atoms with E-state index >= 15 is 0 Å². The number of sulfonamides is 1. The van der Waals surface area contributed by atoms with E-state index in [9.17, 15) is 8.42 Å². The first kappa shape index (κ1) is 14.9. The Labute approximate surface area is 122 Å². The van der Waals surface area contributed by atoms with Crippen LogP contribution in [-0.4, -0.2) is 36.0 Å². The van der Waals surface area contributed by atoms with Crippen LogP contribution < -0.4 is 0 Å². The molecule has 1 heterocycles. The zero-order chi connectivity index (χ0) is 14.8. The van der Waals surface area contributed by atoms with E-state index in [1.807, 2.05) is 0 Å². The minimum atomic E-state index is -3.50. The van der Waals surface area contributed by atoms with Gasteiger partial charge in [-0.3, -0.25) is 0 Å². The molecule has 108 valence electrons. The molecule has 0 aliphatic carbocycles. The van der Waals surface area contributed by atoms with E-state index in [1.165, 1.54) is 10.4 Å². The van der Waals surface area contributed by atoms with Crippen molar-refractivity contribution in [1.82, 2.24) is 14.5 Å². The largest absolute Gasteiger partial charge is 0.409 e. The van der Waals surface area contributed by atoms with Crippen LogP contribution in [0.15, 0.2) is 33.6 Å². The molecule has 0 saturated heterocycles. The van der Waals surface area contributed by atoms with Gasteiger partial charge in [0.15, 0.2) is 0 Å². The molecule has 0 aliphatic rings. The Morgan fingerprint density at radius 3 is 2.60 bits per heavy atom. The smallest absolute Gasteiger partial charge is 0.284 e. The van der Waals surface area contributed by atoms with E-state index in [4.69, 9.17) is 16.6 Å². The predicted octanol–water partition coefficient (Wildman–Crippen LogP) is 2.43. The van der Waals surface area contributed by atoms with Crippen molar-refractivity contribution in [1.29, 1.82) is 0 Å². The summed E-state index contributed by atoms with van der Waals surface area (Å²) in [4.78, 5) is 0.361. The van der Waals surface area contributed by atoms with Gasteiger partial charge in [0, 0.05) is 18.7 Å². The van der Waals surface area contributed by atoms with Crippen LogP contribution in [0, 0.1) is 4.84 Å². The summed E-state index contributed by atoms with van der Waals surface area (Å²) >= 11 is 4.81. The van der Waals surface area contributed by atoms with Crippen LogP contribution in [0.5, 0.6) is 0 Å².